The lowest BCUT2D eigenvalue weighted by molar-refractivity contribution is 0.456. The number of rotatable bonds is 3. The molecule has 2 nitrogen and oxygen atoms in total. The number of ether oxygens (including phenoxy) is 1. The lowest BCUT2D eigenvalue weighted by Gasteiger charge is -2.05. The van der Waals surface area contributed by atoms with E-state index in [9.17, 15) is 4.39 Å². The lowest BCUT2D eigenvalue weighted by atomic mass is 10.3. The average Bonchev–Trinajstić information content (AvgIpc) is 2.30. The van der Waals surface area contributed by atoms with Crippen LogP contribution in [0.1, 0.15) is 5.69 Å². The third-order valence-electron chi connectivity index (χ3n) is 2.08. The Kier molecular flexibility index (Phi) is 3.37. The van der Waals surface area contributed by atoms with Gasteiger partial charge < -0.3 is 4.74 Å². The normalized spacial score (nSPS) is 9.65. The minimum absolute atomic E-state index is 0.345. The smallest absolute Gasteiger partial charge is 0.219 e. The molecule has 0 atom stereocenters. The van der Waals surface area contributed by atoms with Gasteiger partial charge in [-0.2, -0.15) is 0 Å². The predicted octanol–water partition coefficient (Wildman–Crippen LogP) is 3.19. The van der Waals surface area contributed by atoms with E-state index in [1.165, 1.54) is 12.1 Å². The molecule has 1 heterocycles. The van der Waals surface area contributed by atoms with E-state index in [2.05, 4.69) is 10.9 Å². The quantitative estimate of drug-likeness (QED) is 0.751. The molecule has 1 aromatic carbocycles. The van der Waals surface area contributed by atoms with Crippen molar-refractivity contribution in [1.82, 2.24) is 4.98 Å². The summed E-state index contributed by atoms with van der Waals surface area (Å²) in [5.74, 6) is 2.98. The van der Waals surface area contributed by atoms with Crippen LogP contribution in [0.2, 0.25) is 0 Å². The molecule has 0 N–H and O–H groups in total. The summed E-state index contributed by atoms with van der Waals surface area (Å²) in [5.41, 5.74) is 0.751. The van der Waals surface area contributed by atoms with Gasteiger partial charge in [-0.05, 0) is 18.2 Å². The van der Waals surface area contributed by atoms with Gasteiger partial charge in [0.1, 0.15) is 11.6 Å². The molecule has 0 spiro atoms. The van der Waals surface area contributed by atoms with Crippen LogP contribution in [-0.2, 0) is 6.42 Å². The molecule has 0 unspecified atom stereocenters. The standard InChI is InChI=1S/C14H10FNO/c1-2-5-12-7-4-9-14(16-12)17-13-8-3-6-11(15)10-13/h1,3-4,6-10H,5H2. The molecule has 0 bridgehead atoms. The highest BCUT2D eigenvalue weighted by molar-refractivity contribution is 5.28. The first-order chi connectivity index (χ1) is 8.28. The molecule has 1 aromatic heterocycles. The van der Waals surface area contributed by atoms with Crippen molar-refractivity contribution in [3.63, 3.8) is 0 Å². The van der Waals surface area contributed by atoms with E-state index in [-0.39, 0.29) is 5.82 Å². The highest BCUT2D eigenvalue weighted by atomic mass is 19.1. The Balaban J connectivity index is 2.19. The van der Waals surface area contributed by atoms with Gasteiger partial charge in [-0.1, -0.05) is 12.1 Å². The topological polar surface area (TPSA) is 22.1 Å². The average molecular weight is 227 g/mol. The van der Waals surface area contributed by atoms with Crippen LogP contribution in [0.3, 0.4) is 0 Å². The Morgan fingerprint density at radius 3 is 2.82 bits per heavy atom. The van der Waals surface area contributed by atoms with Gasteiger partial charge in [-0.3, -0.25) is 0 Å². The van der Waals surface area contributed by atoms with Crippen molar-refractivity contribution in [3.8, 4) is 24.0 Å². The van der Waals surface area contributed by atoms with Crippen LogP contribution in [0.5, 0.6) is 11.6 Å². The van der Waals surface area contributed by atoms with Crippen molar-refractivity contribution < 1.29 is 9.13 Å². The van der Waals surface area contributed by atoms with Crippen LogP contribution in [0, 0.1) is 18.2 Å². The zero-order valence-corrected chi connectivity index (χ0v) is 9.06. The molecule has 0 radical (unpaired) electrons. The second-order valence-corrected chi connectivity index (χ2v) is 3.41. The van der Waals surface area contributed by atoms with Gasteiger partial charge in [0.25, 0.3) is 0 Å². The Hall–Kier alpha value is -2.34. The van der Waals surface area contributed by atoms with E-state index < -0.39 is 0 Å². The van der Waals surface area contributed by atoms with Gasteiger partial charge in [0, 0.05) is 12.1 Å². The van der Waals surface area contributed by atoms with E-state index in [1.54, 1.807) is 24.3 Å². The van der Waals surface area contributed by atoms with Gasteiger partial charge in [-0.25, -0.2) is 9.37 Å². The van der Waals surface area contributed by atoms with Crippen LogP contribution in [0.4, 0.5) is 4.39 Å². The van der Waals surface area contributed by atoms with Crippen molar-refractivity contribution in [2.45, 2.75) is 6.42 Å². The number of terminal acetylenes is 1. The summed E-state index contributed by atoms with van der Waals surface area (Å²) in [6.45, 7) is 0. The number of benzene rings is 1. The Labute approximate surface area is 99.1 Å². The first kappa shape index (κ1) is 11.2. The summed E-state index contributed by atoms with van der Waals surface area (Å²) in [6.07, 6.45) is 5.65. The summed E-state index contributed by atoms with van der Waals surface area (Å²) >= 11 is 0. The molecule has 17 heavy (non-hydrogen) atoms. The molecule has 2 aromatic rings. The maximum absolute atomic E-state index is 12.9. The molecule has 0 saturated carbocycles. The zero-order valence-electron chi connectivity index (χ0n) is 9.06. The summed E-state index contributed by atoms with van der Waals surface area (Å²) in [5, 5.41) is 0. The minimum Gasteiger partial charge on any atom is -0.439 e. The van der Waals surface area contributed by atoms with Crippen molar-refractivity contribution >= 4 is 0 Å². The molecule has 0 aliphatic carbocycles. The van der Waals surface area contributed by atoms with Gasteiger partial charge in [0.05, 0.1) is 12.1 Å². The van der Waals surface area contributed by atoms with E-state index >= 15 is 0 Å². The van der Waals surface area contributed by atoms with Crippen molar-refractivity contribution in [3.05, 3.63) is 54.0 Å². The molecular formula is C14H10FNO. The number of hydrogen-bond acceptors (Lipinski definition) is 2. The first-order valence-electron chi connectivity index (χ1n) is 5.11. The maximum atomic E-state index is 12.9. The SMILES string of the molecule is C#CCc1cccc(Oc2cccc(F)c2)n1. The summed E-state index contributed by atoms with van der Waals surface area (Å²) in [6, 6.07) is 11.2. The van der Waals surface area contributed by atoms with Gasteiger partial charge in [0.15, 0.2) is 0 Å². The third kappa shape index (κ3) is 3.05. The fourth-order valence-corrected chi connectivity index (χ4v) is 1.37. The van der Waals surface area contributed by atoms with E-state index in [4.69, 9.17) is 11.2 Å². The Bertz CT molecular complexity index is 560. The monoisotopic (exact) mass is 227 g/mol. The van der Waals surface area contributed by atoms with Crippen molar-refractivity contribution in [1.29, 1.82) is 0 Å². The molecule has 0 saturated heterocycles. The van der Waals surface area contributed by atoms with Crippen molar-refractivity contribution in [2.24, 2.45) is 0 Å². The second-order valence-electron chi connectivity index (χ2n) is 3.41. The molecule has 84 valence electrons. The molecule has 2 rings (SSSR count). The number of hydrogen-bond donors (Lipinski definition) is 0. The molecule has 3 heteroatoms. The lowest BCUT2D eigenvalue weighted by Crippen LogP contribution is -1.92. The van der Waals surface area contributed by atoms with Crippen molar-refractivity contribution in [2.75, 3.05) is 0 Å². The van der Waals surface area contributed by atoms with Gasteiger partial charge in [-0.15, -0.1) is 12.3 Å². The molecule has 0 aliphatic heterocycles. The zero-order chi connectivity index (χ0) is 12.1. The van der Waals surface area contributed by atoms with E-state index in [1.807, 2.05) is 6.07 Å². The molecule has 0 amide bonds. The highest BCUT2D eigenvalue weighted by Gasteiger charge is 2.01. The fourth-order valence-electron chi connectivity index (χ4n) is 1.37. The van der Waals surface area contributed by atoms with Crippen LogP contribution < -0.4 is 4.74 Å². The van der Waals surface area contributed by atoms with Crippen LogP contribution in [0.25, 0.3) is 0 Å². The largest absolute Gasteiger partial charge is 0.439 e. The number of nitrogens with zero attached hydrogens (tertiary/aromatic N) is 1. The molecule has 0 fully saturated rings. The molecular weight excluding hydrogens is 217 g/mol. The first-order valence-corrected chi connectivity index (χ1v) is 5.11. The number of halogens is 1. The number of pyridine rings is 1. The summed E-state index contributed by atoms with van der Waals surface area (Å²) in [7, 11) is 0. The van der Waals surface area contributed by atoms with Crippen LogP contribution >= 0.6 is 0 Å². The highest BCUT2D eigenvalue weighted by Crippen LogP contribution is 2.20. The Morgan fingerprint density at radius 1 is 1.24 bits per heavy atom. The van der Waals surface area contributed by atoms with Gasteiger partial charge >= 0.3 is 0 Å². The van der Waals surface area contributed by atoms with Crippen LogP contribution in [-0.4, -0.2) is 4.98 Å². The Morgan fingerprint density at radius 2 is 2.06 bits per heavy atom. The fraction of sp³-hybridized carbons (Fsp3) is 0.0714. The van der Waals surface area contributed by atoms with Crippen LogP contribution in [0.15, 0.2) is 42.5 Å². The molecule has 0 aliphatic rings. The van der Waals surface area contributed by atoms with Gasteiger partial charge in [0.2, 0.25) is 5.88 Å². The summed E-state index contributed by atoms with van der Waals surface area (Å²) < 4.78 is 18.4. The minimum atomic E-state index is -0.345. The second kappa shape index (κ2) is 5.13. The van der Waals surface area contributed by atoms with E-state index in [0.717, 1.165) is 5.69 Å². The maximum Gasteiger partial charge on any atom is 0.219 e. The number of aromatic nitrogens is 1. The summed E-state index contributed by atoms with van der Waals surface area (Å²) in [4.78, 5) is 4.20. The predicted molar refractivity (Wildman–Crippen MR) is 63.2 cm³/mol. The van der Waals surface area contributed by atoms with E-state index in [0.29, 0.717) is 18.1 Å². The third-order valence-corrected chi connectivity index (χ3v) is 2.08.